The number of para-hydroxylation sites is 1. The van der Waals surface area contributed by atoms with Crippen LogP contribution in [0.15, 0.2) is 231 Å². The van der Waals surface area contributed by atoms with Crippen LogP contribution in [0.25, 0.3) is 120 Å². The van der Waals surface area contributed by atoms with E-state index < -0.39 is 0 Å². The van der Waals surface area contributed by atoms with E-state index in [4.69, 9.17) is 0 Å². The van der Waals surface area contributed by atoms with Gasteiger partial charge in [0.1, 0.15) is 0 Å². The van der Waals surface area contributed by atoms with Crippen molar-refractivity contribution in [2.24, 2.45) is 0 Å². The Morgan fingerprint density at radius 1 is 0.222 bits per heavy atom. The fourth-order valence-electron chi connectivity index (χ4n) is 9.85. The van der Waals surface area contributed by atoms with Gasteiger partial charge in [0, 0.05) is 53.1 Å². The van der Waals surface area contributed by atoms with Crippen LogP contribution >= 0.6 is 11.3 Å². The van der Waals surface area contributed by atoms with Gasteiger partial charge >= 0.3 is 0 Å². The number of benzene rings is 10. The fourth-order valence-corrected chi connectivity index (χ4v) is 11.0. The number of hydrogen-bond donors (Lipinski definition) is 0. The first-order valence-corrected chi connectivity index (χ1v) is 22.4. The lowest BCUT2D eigenvalue weighted by atomic mass is 10.00. The Kier molecular flexibility index (Phi) is 8.12. The minimum absolute atomic E-state index is 1.15. The quantitative estimate of drug-likeness (QED) is 0.158. The van der Waals surface area contributed by atoms with Gasteiger partial charge in [-0.05, 0) is 117 Å². The van der Waals surface area contributed by atoms with Crippen LogP contribution in [0.3, 0.4) is 0 Å². The predicted molar refractivity (Wildman–Crippen MR) is 270 cm³/mol. The second-order valence-electron chi connectivity index (χ2n) is 16.5. The Labute approximate surface area is 368 Å². The first-order valence-electron chi connectivity index (χ1n) is 21.6. The van der Waals surface area contributed by atoms with Gasteiger partial charge in [-0.3, -0.25) is 0 Å². The molecule has 3 heteroatoms. The number of thiophene rings is 1. The first kappa shape index (κ1) is 35.7. The van der Waals surface area contributed by atoms with E-state index in [-0.39, 0.29) is 0 Å². The van der Waals surface area contributed by atoms with Crippen molar-refractivity contribution in [3.8, 4) is 55.9 Å². The van der Waals surface area contributed by atoms with E-state index in [9.17, 15) is 0 Å². The van der Waals surface area contributed by atoms with Gasteiger partial charge in [0.2, 0.25) is 0 Å². The highest BCUT2D eigenvalue weighted by molar-refractivity contribution is 7.25. The smallest absolute Gasteiger partial charge is 0.0555 e. The molecule has 0 bridgehead atoms. The fraction of sp³-hybridized carbons (Fsp3) is 0. The van der Waals surface area contributed by atoms with Crippen molar-refractivity contribution in [3.63, 3.8) is 0 Å². The molecule has 0 aliphatic carbocycles. The molecule has 2 nitrogen and oxygen atoms in total. The van der Waals surface area contributed by atoms with Crippen LogP contribution in [0.5, 0.6) is 0 Å². The Morgan fingerprint density at radius 2 is 0.619 bits per heavy atom. The molecule has 3 aromatic heterocycles. The minimum atomic E-state index is 1.15. The molecule has 0 fully saturated rings. The second-order valence-corrected chi connectivity index (χ2v) is 17.6. The van der Waals surface area contributed by atoms with Gasteiger partial charge in [-0.15, -0.1) is 11.3 Å². The molecule has 0 N–H and O–H groups in total. The third-order valence-corrected chi connectivity index (χ3v) is 14.1. The van der Waals surface area contributed by atoms with Gasteiger partial charge in [-0.1, -0.05) is 158 Å². The molecule has 0 unspecified atom stereocenters. The van der Waals surface area contributed by atoms with E-state index in [2.05, 4.69) is 240 Å². The Balaban J connectivity index is 0.823. The van der Waals surface area contributed by atoms with E-state index in [1.807, 2.05) is 11.3 Å². The number of aromatic nitrogens is 2. The summed E-state index contributed by atoms with van der Waals surface area (Å²) in [5.41, 5.74) is 16.9. The third kappa shape index (κ3) is 5.85. The normalized spacial score (nSPS) is 11.8. The zero-order valence-electron chi connectivity index (χ0n) is 34.2. The maximum absolute atomic E-state index is 2.42. The summed E-state index contributed by atoms with van der Waals surface area (Å²) in [6.45, 7) is 0. The van der Waals surface area contributed by atoms with Gasteiger partial charge in [0.05, 0.1) is 22.1 Å². The summed E-state index contributed by atoms with van der Waals surface area (Å²) in [6.07, 6.45) is 0. The molecular weight excluding hydrogens is 781 g/mol. The molecule has 63 heavy (non-hydrogen) atoms. The van der Waals surface area contributed by atoms with Gasteiger partial charge < -0.3 is 9.13 Å². The SMILES string of the molecule is c1ccc(-c2ccc3c(c2)c2cc(-c4ccccc4)ccc2n3-c2ccc(-c3ccc(-c4ccc(-n5c6ccccc6c6cc7c(cc65)sc5ccccc57)cc4)cc3)cc2)cc1. The minimum Gasteiger partial charge on any atom is -0.309 e. The first-order chi connectivity index (χ1) is 31.2. The van der Waals surface area contributed by atoms with Crippen LogP contribution in [0.4, 0.5) is 0 Å². The van der Waals surface area contributed by atoms with Crippen molar-refractivity contribution < 1.29 is 0 Å². The largest absolute Gasteiger partial charge is 0.309 e. The van der Waals surface area contributed by atoms with Crippen LogP contribution in [-0.2, 0) is 0 Å². The molecule has 0 spiro atoms. The highest BCUT2D eigenvalue weighted by Crippen LogP contribution is 2.42. The predicted octanol–water partition coefficient (Wildman–Crippen LogP) is 16.9. The molecule has 0 aliphatic rings. The van der Waals surface area contributed by atoms with Crippen LogP contribution in [-0.4, -0.2) is 9.13 Å². The molecule has 10 aromatic carbocycles. The number of rotatable bonds is 6. The number of fused-ring (bicyclic) bond motifs is 9. The Morgan fingerprint density at radius 3 is 1.17 bits per heavy atom. The average molecular weight is 819 g/mol. The summed E-state index contributed by atoms with van der Waals surface area (Å²) < 4.78 is 7.49. The summed E-state index contributed by atoms with van der Waals surface area (Å²) in [7, 11) is 0. The van der Waals surface area contributed by atoms with Gasteiger partial charge in [-0.2, -0.15) is 0 Å². The van der Waals surface area contributed by atoms with Gasteiger partial charge in [0.15, 0.2) is 0 Å². The molecule has 294 valence electrons. The van der Waals surface area contributed by atoms with Gasteiger partial charge in [-0.25, -0.2) is 0 Å². The Hall–Kier alpha value is -7.98. The molecule has 0 saturated heterocycles. The van der Waals surface area contributed by atoms with E-state index in [0.29, 0.717) is 0 Å². The molecule has 3 heterocycles. The summed E-state index contributed by atoms with van der Waals surface area (Å²) in [5.74, 6) is 0. The van der Waals surface area contributed by atoms with Crippen molar-refractivity contribution in [1.29, 1.82) is 0 Å². The molecule has 0 atom stereocenters. The molecule has 0 aliphatic heterocycles. The number of nitrogens with zero attached hydrogens (tertiary/aromatic N) is 2. The molecule has 0 saturated carbocycles. The van der Waals surface area contributed by atoms with Crippen molar-refractivity contribution >= 4 is 75.1 Å². The Bertz CT molecular complexity index is 3760. The van der Waals surface area contributed by atoms with Gasteiger partial charge in [0.25, 0.3) is 0 Å². The maximum atomic E-state index is 2.42. The highest BCUT2D eigenvalue weighted by Gasteiger charge is 2.17. The second kappa shape index (κ2) is 14.3. The average Bonchev–Trinajstić information content (AvgIpc) is 4.00. The maximum Gasteiger partial charge on any atom is 0.0555 e. The summed E-state index contributed by atoms with van der Waals surface area (Å²) in [5, 5.41) is 7.74. The van der Waals surface area contributed by atoms with E-state index in [1.54, 1.807) is 0 Å². The molecule has 13 rings (SSSR count). The van der Waals surface area contributed by atoms with E-state index in [1.165, 1.54) is 114 Å². The third-order valence-electron chi connectivity index (χ3n) is 13.0. The van der Waals surface area contributed by atoms with Crippen molar-refractivity contribution in [2.75, 3.05) is 0 Å². The van der Waals surface area contributed by atoms with Crippen LogP contribution in [0.2, 0.25) is 0 Å². The van der Waals surface area contributed by atoms with E-state index >= 15 is 0 Å². The lowest BCUT2D eigenvalue weighted by molar-refractivity contribution is 1.18. The zero-order chi connectivity index (χ0) is 41.4. The summed E-state index contributed by atoms with van der Waals surface area (Å²) >= 11 is 1.87. The van der Waals surface area contributed by atoms with E-state index in [0.717, 1.165) is 5.69 Å². The number of hydrogen-bond acceptors (Lipinski definition) is 1. The molecule has 0 radical (unpaired) electrons. The van der Waals surface area contributed by atoms with Crippen molar-refractivity contribution in [2.45, 2.75) is 0 Å². The summed E-state index contributed by atoms with van der Waals surface area (Å²) in [4.78, 5) is 0. The van der Waals surface area contributed by atoms with Crippen LogP contribution in [0, 0.1) is 0 Å². The lowest BCUT2D eigenvalue weighted by Crippen LogP contribution is -1.94. The van der Waals surface area contributed by atoms with Crippen molar-refractivity contribution in [3.05, 3.63) is 231 Å². The standard InChI is InChI=1S/C60H38N2S/c1-3-11-39(12-4-1)45-27-33-56-51(35-45)52-36-46(40-13-5-2-6-14-40)28-34-57(52)61(56)47-29-23-43(24-30-47)41-19-21-42(22-20-41)44-25-31-48(32-26-44)62-55-17-9-7-15-49(55)53-37-54-50-16-8-10-18-59(50)63-60(54)38-58(53)62/h1-38H. The van der Waals surface area contributed by atoms with Crippen LogP contribution < -0.4 is 0 Å². The highest BCUT2D eigenvalue weighted by atomic mass is 32.1. The summed E-state index contributed by atoms with van der Waals surface area (Å²) in [6, 6.07) is 84.5. The lowest BCUT2D eigenvalue weighted by Gasteiger charge is -2.11. The monoisotopic (exact) mass is 818 g/mol. The zero-order valence-corrected chi connectivity index (χ0v) is 35.1. The van der Waals surface area contributed by atoms with Crippen molar-refractivity contribution in [1.82, 2.24) is 9.13 Å². The van der Waals surface area contributed by atoms with Crippen LogP contribution in [0.1, 0.15) is 0 Å². The molecular formula is C60H38N2S. The molecule has 13 aromatic rings. The topological polar surface area (TPSA) is 9.86 Å². The molecule has 0 amide bonds.